The van der Waals surface area contributed by atoms with Crippen LogP contribution in [0.5, 0.6) is 5.75 Å². The monoisotopic (exact) mass is 243 g/mol. The van der Waals surface area contributed by atoms with E-state index >= 15 is 0 Å². The van der Waals surface area contributed by atoms with Gasteiger partial charge in [-0.1, -0.05) is 12.1 Å². The van der Waals surface area contributed by atoms with Crippen LogP contribution in [0.2, 0.25) is 0 Å². The Morgan fingerprint density at radius 1 is 1.22 bits per heavy atom. The highest BCUT2D eigenvalue weighted by Crippen LogP contribution is 2.19. The Morgan fingerprint density at radius 3 is 2.78 bits per heavy atom. The summed E-state index contributed by atoms with van der Waals surface area (Å²) in [7, 11) is 0. The van der Waals surface area contributed by atoms with Crippen LogP contribution in [0, 0.1) is 13.8 Å². The highest BCUT2D eigenvalue weighted by molar-refractivity contribution is 5.42. The predicted octanol–water partition coefficient (Wildman–Crippen LogP) is 2.56. The molecule has 1 heterocycles. The van der Waals surface area contributed by atoms with E-state index in [2.05, 4.69) is 30.3 Å². The van der Waals surface area contributed by atoms with Crippen molar-refractivity contribution in [2.75, 3.05) is 5.43 Å². The zero-order chi connectivity index (χ0) is 13.0. The number of anilines is 1. The number of hydrazine groups is 1. The summed E-state index contributed by atoms with van der Waals surface area (Å²) >= 11 is 0. The van der Waals surface area contributed by atoms with Gasteiger partial charge in [0.15, 0.2) is 0 Å². The van der Waals surface area contributed by atoms with E-state index in [0.29, 0.717) is 12.4 Å². The maximum atomic E-state index is 5.73. The summed E-state index contributed by atoms with van der Waals surface area (Å²) in [6, 6.07) is 9.84. The number of nitrogens with one attached hydrogen (secondary N) is 1. The number of nitrogen functional groups attached to an aromatic ring is 1. The Hall–Kier alpha value is -2.07. The van der Waals surface area contributed by atoms with Gasteiger partial charge in [-0.25, -0.2) is 10.8 Å². The number of rotatable bonds is 4. The Bertz CT molecular complexity index is 540. The first kappa shape index (κ1) is 12.4. The zero-order valence-corrected chi connectivity index (χ0v) is 10.6. The van der Waals surface area contributed by atoms with E-state index in [1.54, 1.807) is 6.20 Å². The van der Waals surface area contributed by atoms with Crippen LogP contribution in [-0.4, -0.2) is 4.98 Å². The molecule has 0 atom stereocenters. The van der Waals surface area contributed by atoms with Gasteiger partial charge >= 0.3 is 0 Å². The first-order valence-electron chi connectivity index (χ1n) is 5.81. The summed E-state index contributed by atoms with van der Waals surface area (Å²) in [5.74, 6) is 6.89. The van der Waals surface area contributed by atoms with Gasteiger partial charge in [-0.15, -0.1) is 0 Å². The highest BCUT2D eigenvalue weighted by atomic mass is 16.5. The largest absolute Gasteiger partial charge is 0.489 e. The second-order valence-corrected chi connectivity index (χ2v) is 4.19. The molecule has 0 saturated carbocycles. The number of pyridine rings is 1. The maximum absolute atomic E-state index is 5.73. The third kappa shape index (κ3) is 2.78. The van der Waals surface area contributed by atoms with Crippen molar-refractivity contribution < 1.29 is 4.74 Å². The van der Waals surface area contributed by atoms with Gasteiger partial charge < -0.3 is 10.2 Å². The van der Waals surface area contributed by atoms with E-state index in [-0.39, 0.29) is 0 Å². The fourth-order valence-electron chi connectivity index (χ4n) is 1.65. The van der Waals surface area contributed by atoms with Gasteiger partial charge in [0.25, 0.3) is 0 Å². The molecule has 2 aromatic rings. The van der Waals surface area contributed by atoms with Crippen LogP contribution >= 0.6 is 0 Å². The highest BCUT2D eigenvalue weighted by Gasteiger charge is 2.03. The molecule has 4 heteroatoms. The fraction of sp³-hybridized carbons (Fsp3) is 0.214. The molecule has 94 valence electrons. The third-order valence-electron chi connectivity index (χ3n) is 2.90. The van der Waals surface area contributed by atoms with E-state index in [0.717, 1.165) is 11.3 Å². The molecule has 3 N–H and O–H groups in total. The van der Waals surface area contributed by atoms with Crippen molar-refractivity contribution in [2.24, 2.45) is 5.84 Å². The molecular weight excluding hydrogens is 226 g/mol. The maximum Gasteiger partial charge on any atom is 0.146 e. The van der Waals surface area contributed by atoms with Gasteiger partial charge in [-0.05, 0) is 43.2 Å². The molecule has 0 bridgehead atoms. The molecule has 0 radical (unpaired) electrons. The molecular formula is C14H17N3O. The summed E-state index contributed by atoms with van der Waals surface area (Å²) in [5.41, 5.74) is 5.97. The summed E-state index contributed by atoms with van der Waals surface area (Å²) in [4.78, 5) is 4.13. The minimum Gasteiger partial charge on any atom is -0.489 e. The quantitative estimate of drug-likeness (QED) is 0.640. The second kappa shape index (κ2) is 5.51. The molecule has 1 aromatic heterocycles. The summed E-state index contributed by atoms with van der Waals surface area (Å²) in [6.45, 7) is 4.59. The Labute approximate surface area is 107 Å². The van der Waals surface area contributed by atoms with Gasteiger partial charge in [0.1, 0.15) is 18.2 Å². The predicted molar refractivity (Wildman–Crippen MR) is 72.3 cm³/mol. The first-order chi connectivity index (χ1) is 8.70. The molecule has 0 unspecified atom stereocenters. The summed E-state index contributed by atoms with van der Waals surface area (Å²) < 4.78 is 5.73. The Kier molecular flexibility index (Phi) is 3.79. The smallest absolute Gasteiger partial charge is 0.146 e. The fourth-order valence-corrected chi connectivity index (χ4v) is 1.65. The van der Waals surface area contributed by atoms with Crippen molar-refractivity contribution in [2.45, 2.75) is 20.5 Å². The van der Waals surface area contributed by atoms with Crippen LogP contribution in [-0.2, 0) is 6.61 Å². The number of aromatic nitrogens is 1. The van der Waals surface area contributed by atoms with Crippen LogP contribution < -0.4 is 16.0 Å². The number of nitrogens with zero attached hydrogens (tertiary/aromatic N) is 1. The van der Waals surface area contributed by atoms with Gasteiger partial charge in [0.2, 0.25) is 0 Å². The molecule has 0 amide bonds. The molecule has 0 aliphatic rings. The van der Waals surface area contributed by atoms with Crippen LogP contribution in [0.4, 0.5) is 5.82 Å². The van der Waals surface area contributed by atoms with Crippen molar-refractivity contribution >= 4 is 5.82 Å². The first-order valence-corrected chi connectivity index (χ1v) is 5.81. The lowest BCUT2D eigenvalue weighted by Crippen LogP contribution is -2.12. The van der Waals surface area contributed by atoms with E-state index in [4.69, 9.17) is 10.6 Å². The van der Waals surface area contributed by atoms with Gasteiger partial charge in [-0.2, -0.15) is 0 Å². The molecule has 18 heavy (non-hydrogen) atoms. The lowest BCUT2D eigenvalue weighted by Gasteiger charge is -2.10. The van der Waals surface area contributed by atoms with Gasteiger partial charge in [0, 0.05) is 11.8 Å². The molecule has 0 aliphatic carbocycles. The van der Waals surface area contributed by atoms with E-state index in [9.17, 15) is 0 Å². The summed E-state index contributed by atoms with van der Waals surface area (Å²) in [5, 5.41) is 0. The molecule has 1 aromatic carbocycles. The lowest BCUT2D eigenvalue weighted by molar-refractivity contribution is 0.306. The Balaban J connectivity index is 2.09. The van der Waals surface area contributed by atoms with Gasteiger partial charge in [0.05, 0.1) is 0 Å². The molecule has 2 rings (SSSR count). The average molecular weight is 243 g/mol. The average Bonchev–Trinajstić information content (AvgIpc) is 2.40. The number of aryl methyl sites for hydroxylation is 2. The zero-order valence-electron chi connectivity index (χ0n) is 10.6. The van der Waals surface area contributed by atoms with Crippen LogP contribution in [0.25, 0.3) is 0 Å². The minimum absolute atomic E-state index is 0.440. The number of benzene rings is 1. The van der Waals surface area contributed by atoms with Crippen LogP contribution in [0.1, 0.15) is 16.7 Å². The van der Waals surface area contributed by atoms with Gasteiger partial charge in [-0.3, -0.25) is 0 Å². The van der Waals surface area contributed by atoms with Crippen molar-refractivity contribution in [3.05, 3.63) is 53.2 Å². The normalized spacial score (nSPS) is 10.2. The second-order valence-electron chi connectivity index (χ2n) is 4.19. The lowest BCUT2D eigenvalue weighted by atomic mass is 10.1. The summed E-state index contributed by atoms with van der Waals surface area (Å²) in [6.07, 6.45) is 1.69. The standard InChI is InChI=1S/C14H17N3O/c1-10-5-6-13(8-11(10)2)18-9-12-4-3-7-16-14(12)17-15/h3-8H,9,15H2,1-2H3,(H,16,17). The van der Waals surface area contributed by atoms with E-state index in [1.165, 1.54) is 11.1 Å². The third-order valence-corrected chi connectivity index (χ3v) is 2.90. The Morgan fingerprint density at radius 2 is 2.06 bits per heavy atom. The van der Waals surface area contributed by atoms with Crippen molar-refractivity contribution in [1.29, 1.82) is 0 Å². The van der Waals surface area contributed by atoms with Crippen molar-refractivity contribution in [1.82, 2.24) is 4.98 Å². The molecule has 0 spiro atoms. The van der Waals surface area contributed by atoms with Crippen molar-refractivity contribution in [3.63, 3.8) is 0 Å². The van der Waals surface area contributed by atoms with Crippen molar-refractivity contribution in [3.8, 4) is 5.75 Å². The molecule has 4 nitrogen and oxygen atoms in total. The number of hydrogen-bond acceptors (Lipinski definition) is 4. The number of ether oxygens (including phenoxy) is 1. The SMILES string of the molecule is Cc1ccc(OCc2cccnc2NN)cc1C. The molecule has 0 aliphatic heterocycles. The van der Waals surface area contributed by atoms with Crippen LogP contribution in [0.15, 0.2) is 36.5 Å². The minimum atomic E-state index is 0.440. The van der Waals surface area contributed by atoms with E-state index < -0.39 is 0 Å². The molecule has 0 fully saturated rings. The van der Waals surface area contributed by atoms with Crippen LogP contribution in [0.3, 0.4) is 0 Å². The number of nitrogens with two attached hydrogens (primary N) is 1. The topological polar surface area (TPSA) is 60.2 Å². The van der Waals surface area contributed by atoms with E-state index in [1.807, 2.05) is 24.3 Å². The number of hydrogen-bond donors (Lipinski definition) is 2. The molecule has 0 saturated heterocycles.